The molecule has 4 N–H and O–H groups in total. The number of aliphatic hydroxyl groups excluding tert-OH is 4. The molecule has 142 valence electrons. The fourth-order valence-electron chi connectivity index (χ4n) is 3.48. The molecule has 26 heavy (non-hydrogen) atoms. The number of halogens is 1. The number of nitrogens with zero attached hydrogens (tertiary/aromatic N) is 2. The number of carbonyl (C=O) groups excluding carboxylic acids is 2. The van der Waals surface area contributed by atoms with E-state index in [-0.39, 0.29) is 23.9 Å². The molecule has 1 fully saturated rings. The van der Waals surface area contributed by atoms with Crippen LogP contribution in [0.5, 0.6) is 0 Å². The van der Waals surface area contributed by atoms with Crippen LogP contribution in [0.15, 0.2) is 18.2 Å². The summed E-state index contributed by atoms with van der Waals surface area (Å²) < 4.78 is 0. The lowest BCUT2D eigenvalue weighted by atomic mass is 10.1. The Morgan fingerprint density at radius 2 is 1.92 bits per heavy atom. The zero-order valence-corrected chi connectivity index (χ0v) is 14.7. The molecule has 0 saturated carbocycles. The molecule has 0 bridgehead atoms. The van der Waals surface area contributed by atoms with Crippen LogP contribution in [-0.2, 0) is 4.79 Å². The minimum absolute atomic E-state index is 0.250. The highest BCUT2D eigenvalue weighted by atomic mass is 35.5. The van der Waals surface area contributed by atoms with Crippen molar-refractivity contribution >= 4 is 29.1 Å². The maximum Gasteiger partial charge on any atom is 0.256 e. The lowest BCUT2D eigenvalue weighted by molar-refractivity contribution is -0.123. The molecule has 0 radical (unpaired) electrons. The Morgan fingerprint density at radius 1 is 1.19 bits per heavy atom. The van der Waals surface area contributed by atoms with Crippen LogP contribution < -0.4 is 4.90 Å². The van der Waals surface area contributed by atoms with Crippen LogP contribution in [0.2, 0.25) is 5.02 Å². The van der Waals surface area contributed by atoms with Crippen LogP contribution in [-0.4, -0.2) is 81.2 Å². The average Bonchev–Trinajstić information content (AvgIpc) is 3.10. The Labute approximate surface area is 155 Å². The molecule has 0 spiro atoms. The molecule has 1 unspecified atom stereocenters. The van der Waals surface area contributed by atoms with E-state index in [0.717, 1.165) is 0 Å². The minimum atomic E-state index is -1.64. The second kappa shape index (κ2) is 7.50. The molecule has 2 aliphatic rings. The topological polar surface area (TPSA) is 122 Å². The Kier molecular flexibility index (Phi) is 5.50. The van der Waals surface area contributed by atoms with Crippen molar-refractivity contribution < 1.29 is 30.0 Å². The molecule has 2 amide bonds. The third-order valence-corrected chi connectivity index (χ3v) is 5.12. The van der Waals surface area contributed by atoms with Gasteiger partial charge in [-0.3, -0.25) is 9.59 Å². The first kappa shape index (κ1) is 19.1. The van der Waals surface area contributed by atoms with Crippen LogP contribution in [0.1, 0.15) is 23.2 Å². The molecule has 0 aliphatic carbocycles. The molecule has 0 aromatic heterocycles. The van der Waals surface area contributed by atoms with Gasteiger partial charge in [-0.25, -0.2) is 0 Å². The number of rotatable bonds is 5. The molecular weight excluding hydrogens is 364 g/mol. The molecule has 3 rings (SSSR count). The van der Waals surface area contributed by atoms with Crippen LogP contribution in [0, 0.1) is 0 Å². The van der Waals surface area contributed by atoms with Gasteiger partial charge in [0.1, 0.15) is 24.4 Å². The normalized spacial score (nSPS) is 23.3. The van der Waals surface area contributed by atoms with Gasteiger partial charge < -0.3 is 30.2 Å². The first-order valence-corrected chi connectivity index (χ1v) is 8.80. The third-order valence-electron chi connectivity index (χ3n) is 4.89. The van der Waals surface area contributed by atoms with Gasteiger partial charge in [-0.1, -0.05) is 11.6 Å². The summed E-state index contributed by atoms with van der Waals surface area (Å²) in [5.74, 6) is -0.659. The zero-order valence-electron chi connectivity index (χ0n) is 14.0. The third kappa shape index (κ3) is 3.30. The van der Waals surface area contributed by atoms with Gasteiger partial charge in [0.15, 0.2) is 0 Å². The van der Waals surface area contributed by atoms with E-state index in [1.165, 1.54) is 28.0 Å². The summed E-state index contributed by atoms with van der Waals surface area (Å²) >= 11 is 6.01. The Morgan fingerprint density at radius 3 is 2.62 bits per heavy atom. The number of β-amino-alcohol motifs (C(OH)–C–C–N with tert-alkyl or cyclic N) is 1. The van der Waals surface area contributed by atoms with E-state index in [0.29, 0.717) is 30.1 Å². The maximum absolute atomic E-state index is 13.0. The molecule has 1 saturated heterocycles. The monoisotopic (exact) mass is 384 g/mol. The quantitative estimate of drug-likeness (QED) is 0.536. The van der Waals surface area contributed by atoms with Crippen LogP contribution in [0.25, 0.3) is 0 Å². The number of anilines is 1. The van der Waals surface area contributed by atoms with E-state index >= 15 is 0 Å². The highest BCUT2D eigenvalue weighted by Gasteiger charge is 2.43. The molecule has 9 heteroatoms. The summed E-state index contributed by atoms with van der Waals surface area (Å²) in [4.78, 5) is 28.6. The van der Waals surface area contributed by atoms with Gasteiger partial charge in [0.2, 0.25) is 5.91 Å². The molecule has 8 nitrogen and oxygen atoms in total. The maximum atomic E-state index is 13.0. The van der Waals surface area contributed by atoms with Crippen LogP contribution in [0.4, 0.5) is 5.69 Å². The summed E-state index contributed by atoms with van der Waals surface area (Å²) in [5.41, 5.74) is 0.545. The van der Waals surface area contributed by atoms with Gasteiger partial charge >= 0.3 is 0 Å². The van der Waals surface area contributed by atoms with Crippen molar-refractivity contribution in [2.75, 3.05) is 24.6 Å². The van der Waals surface area contributed by atoms with Gasteiger partial charge in [-0.05, 0) is 31.0 Å². The molecule has 2 aliphatic heterocycles. The van der Waals surface area contributed by atoms with Crippen LogP contribution in [0.3, 0.4) is 0 Å². The van der Waals surface area contributed by atoms with Crippen molar-refractivity contribution in [1.82, 2.24) is 4.90 Å². The number of benzene rings is 1. The van der Waals surface area contributed by atoms with E-state index in [1.807, 2.05) is 0 Å². The summed E-state index contributed by atoms with van der Waals surface area (Å²) in [7, 11) is 0. The number of fused-ring (bicyclic) bond motifs is 2. The van der Waals surface area contributed by atoms with Gasteiger partial charge in [0, 0.05) is 11.6 Å². The Bertz CT molecular complexity index is 714. The highest BCUT2D eigenvalue weighted by Crippen LogP contribution is 2.34. The number of hydrogen-bond donors (Lipinski definition) is 4. The fraction of sp³-hybridized carbons (Fsp3) is 0.529. The highest BCUT2D eigenvalue weighted by molar-refractivity contribution is 6.31. The Balaban J connectivity index is 1.98. The summed E-state index contributed by atoms with van der Waals surface area (Å²) in [6.07, 6.45) is -3.47. The predicted octanol–water partition coefficient (Wildman–Crippen LogP) is -0.634. The molecule has 1 aromatic carbocycles. The number of amides is 2. The van der Waals surface area contributed by atoms with E-state index < -0.39 is 31.0 Å². The van der Waals surface area contributed by atoms with Crippen molar-refractivity contribution in [1.29, 1.82) is 0 Å². The SMILES string of the molecule is O=C1C2CCCN2C(=O)c2cc(Cl)ccc2N1C[C@H](O)[C@@H](O)[C@H](O)CO. The fourth-order valence-corrected chi connectivity index (χ4v) is 3.65. The number of hydrogen-bond acceptors (Lipinski definition) is 6. The number of aliphatic hydroxyl groups is 4. The molecular formula is C17H21ClN2O6. The van der Waals surface area contributed by atoms with Crippen molar-refractivity contribution in [3.63, 3.8) is 0 Å². The summed E-state index contributed by atoms with van der Waals surface area (Å²) in [6, 6.07) is 3.90. The van der Waals surface area contributed by atoms with Crippen LogP contribution >= 0.6 is 11.6 Å². The lowest BCUT2D eigenvalue weighted by Gasteiger charge is -2.30. The van der Waals surface area contributed by atoms with E-state index in [2.05, 4.69) is 0 Å². The van der Waals surface area contributed by atoms with E-state index in [1.54, 1.807) is 0 Å². The van der Waals surface area contributed by atoms with Crippen molar-refractivity contribution in [2.45, 2.75) is 37.2 Å². The van der Waals surface area contributed by atoms with Gasteiger partial charge in [-0.15, -0.1) is 0 Å². The second-order valence-corrected chi connectivity index (χ2v) is 7.01. The standard InChI is InChI=1S/C17H21ClN2O6/c18-9-3-4-11-10(6-9)16(25)19-5-1-2-12(19)17(26)20(11)7-13(22)15(24)14(23)8-21/h3-4,6,12-15,21-24H,1-2,5,7-8H2/t12?,13-,14+,15+/m0/s1. The van der Waals surface area contributed by atoms with Crippen molar-refractivity contribution in [2.24, 2.45) is 0 Å². The molecule has 2 heterocycles. The lowest BCUT2D eigenvalue weighted by Crippen LogP contribution is -2.51. The summed E-state index contributed by atoms with van der Waals surface area (Å²) in [6.45, 7) is -0.597. The van der Waals surface area contributed by atoms with Gasteiger partial charge in [-0.2, -0.15) is 0 Å². The Hall–Kier alpha value is -1.71. The largest absolute Gasteiger partial charge is 0.394 e. The predicted molar refractivity (Wildman–Crippen MR) is 93.0 cm³/mol. The van der Waals surface area contributed by atoms with E-state index in [9.17, 15) is 24.9 Å². The summed E-state index contributed by atoms with van der Waals surface area (Å²) in [5, 5.41) is 38.9. The zero-order chi connectivity index (χ0) is 19.0. The van der Waals surface area contributed by atoms with E-state index in [4.69, 9.17) is 16.7 Å². The molecule has 4 atom stereocenters. The minimum Gasteiger partial charge on any atom is -0.394 e. The van der Waals surface area contributed by atoms with Crippen molar-refractivity contribution in [3.05, 3.63) is 28.8 Å². The second-order valence-electron chi connectivity index (χ2n) is 6.57. The number of carbonyl (C=O) groups is 2. The smallest absolute Gasteiger partial charge is 0.256 e. The first-order valence-electron chi connectivity index (χ1n) is 8.42. The van der Waals surface area contributed by atoms with Gasteiger partial charge in [0.05, 0.1) is 24.4 Å². The first-order chi connectivity index (χ1) is 12.3. The van der Waals surface area contributed by atoms with Crippen molar-refractivity contribution in [3.8, 4) is 0 Å². The molecule has 1 aromatic rings. The van der Waals surface area contributed by atoms with Gasteiger partial charge in [0.25, 0.3) is 5.91 Å². The average molecular weight is 385 g/mol.